The van der Waals surface area contributed by atoms with Gasteiger partial charge >= 0.3 is 0 Å². The molecule has 0 saturated carbocycles. The van der Waals surface area contributed by atoms with Crippen LogP contribution >= 0.6 is 0 Å². The molecular weight excluding hydrogens is 370 g/mol. The van der Waals surface area contributed by atoms with E-state index < -0.39 is 0 Å². The SMILES string of the molecule is CCNC(=O)c1ccc(CC(CCNC2=CC=CCN2)Cc2ccccc2)cc1C. The molecule has 30 heavy (non-hydrogen) atoms. The van der Waals surface area contributed by atoms with Crippen molar-refractivity contribution >= 4 is 5.91 Å². The molecule has 1 aliphatic rings. The quantitative estimate of drug-likeness (QED) is 0.559. The number of carbonyl (C=O) groups is 1. The van der Waals surface area contributed by atoms with E-state index in [1.54, 1.807) is 0 Å². The number of rotatable bonds is 10. The zero-order chi connectivity index (χ0) is 21.2. The molecule has 0 fully saturated rings. The van der Waals surface area contributed by atoms with Gasteiger partial charge in [-0.25, -0.2) is 0 Å². The fourth-order valence-electron chi connectivity index (χ4n) is 3.91. The molecule has 3 rings (SSSR count). The molecular formula is C26H33N3O. The van der Waals surface area contributed by atoms with Crippen molar-refractivity contribution in [3.63, 3.8) is 0 Å². The van der Waals surface area contributed by atoms with Gasteiger partial charge in [-0.15, -0.1) is 0 Å². The lowest BCUT2D eigenvalue weighted by Crippen LogP contribution is -2.30. The van der Waals surface area contributed by atoms with Crippen molar-refractivity contribution in [2.45, 2.75) is 33.1 Å². The van der Waals surface area contributed by atoms with Crippen LogP contribution in [0.25, 0.3) is 0 Å². The van der Waals surface area contributed by atoms with E-state index in [-0.39, 0.29) is 5.91 Å². The third kappa shape index (κ3) is 6.51. The van der Waals surface area contributed by atoms with E-state index in [2.05, 4.69) is 76.6 Å². The molecule has 1 aliphatic heterocycles. The first kappa shape index (κ1) is 21.7. The van der Waals surface area contributed by atoms with Crippen molar-refractivity contribution in [2.75, 3.05) is 19.6 Å². The van der Waals surface area contributed by atoms with E-state index in [1.165, 1.54) is 11.1 Å². The van der Waals surface area contributed by atoms with Gasteiger partial charge in [-0.1, -0.05) is 54.6 Å². The molecule has 4 nitrogen and oxygen atoms in total. The average Bonchev–Trinajstić information content (AvgIpc) is 2.75. The molecule has 0 bridgehead atoms. The van der Waals surface area contributed by atoms with Crippen LogP contribution in [0, 0.1) is 12.8 Å². The van der Waals surface area contributed by atoms with Crippen molar-refractivity contribution in [2.24, 2.45) is 5.92 Å². The van der Waals surface area contributed by atoms with E-state index >= 15 is 0 Å². The van der Waals surface area contributed by atoms with E-state index in [0.717, 1.165) is 49.3 Å². The van der Waals surface area contributed by atoms with Gasteiger partial charge in [0.25, 0.3) is 5.91 Å². The number of carbonyl (C=O) groups excluding carboxylic acids is 1. The number of amides is 1. The van der Waals surface area contributed by atoms with E-state index in [4.69, 9.17) is 0 Å². The topological polar surface area (TPSA) is 53.2 Å². The largest absolute Gasteiger partial charge is 0.372 e. The van der Waals surface area contributed by atoms with Gasteiger partial charge in [-0.2, -0.15) is 0 Å². The second-order valence-electron chi connectivity index (χ2n) is 7.87. The van der Waals surface area contributed by atoms with Crippen LogP contribution < -0.4 is 16.0 Å². The zero-order valence-corrected chi connectivity index (χ0v) is 18.1. The molecule has 1 amide bonds. The van der Waals surface area contributed by atoms with Crippen molar-refractivity contribution in [3.05, 3.63) is 94.8 Å². The van der Waals surface area contributed by atoms with Gasteiger partial charge in [0.05, 0.1) is 5.82 Å². The second-order valence-corrected chi connectivity index (χ2v) is 7.87. The lowest BCUT2D eigenvalue weighted by Gasteiger charge is -2.20. The van der Waals surface area contributed by atoms with Crippen LogP contribution in [0.5, 0.6) is 0 Å². The first-order chi connectivity index (χ1) is 14.7. The van der Waals surface area contributed by atoms with Crippen LogP contribution in [0.15, 0.2) is 72.6 Å². The molecule has 0 spiro atoms. The Morgan fingerprint density at radius 2 is 1.90 bits per heavy atom. The fraction of sp³-hybridized carbons (Fsp3) is 0.346. The second kappa shape index (κ2) is 11.2. The molecule has 1 heterocycles. The molecule has 1 atom stereocenters. The van der Waals surface area contributed by atoms with Crippen LogP contribution in [0.1, 0.15) is 40.4 Å². The van der Waals surface area contributed by atoms with Crippen molar-refractivity contribution in [1.82, 2.24) is 16.0 Å². The van der Waals surface area contributed by atoms with Crippen LogP contribution in [0.2, 0.25) is 0 Å². The monoisotopic (exact) mass is 403 g/mol. The summed E-state index contributed by atoms with van der Waals surface area (Å²) in [6.45, 7) is 6.42. The van der Waals surface area contributed by atoms with E-state index in [1.807, 2.05) is 19.9 Å². The minimum absolute atomic E-state index is 0.00823. The lowest BCUT2D eigenvalue weighted by atomic mass is 9.89. The summed E-state index contributed by atoms with van der Waals surface area (Å²) in [5.74, 6) is 1.63. The van der Waals surface area contributed by atoms with Gasteiger partial charge in [0, 0.05) is 25.2 Å². The molecule has 4 heteroatoms. The lowest BCUT2D eigenvalue weighted by molar-refractivity contribution is 0.0955. The van der Waals surface area contributed by atoms with Crippen molar-refractivity contribution < 1.29 is 4.79 Å². The number of allylic oxidation sites excluding steroid dienone is 2. The first-order valence-electron chi connectivity index (χ1n) is 10.9. The number of nitrogens with one attached hydrogen (secondary N) is 3. The minimum Gasteiger partial charge on any atom is -0.372 e. The molecule has 1 unspecified atom stereocenters. The highest BCUT2D eigenvalue weighted by atomic mass is 16.1. The molecule has 0 radical (unpaired) electrons. The van der Waals surface area contributed by atoms with E-state index in [9.17, 15) is 4.79 Å². The zero-order valence-electron chi connectivity index (χ0n) is 18.1. The predicted octanol–water partition coefficient (Wildman–Crippen LogP) is 4.13. The summed E-state index contributed by atoms with van der Waals surface area (Å²) < 4.78 is 0. The predicted molar refractivity (Wildman–Crippen MR) is 124 cm³/mol. The van der Waals surface area contributed by atoms with Crippen LogP contribution in [0.4, 0.5) is 0 Å². The Bertz CT molecular complexity index is 886. The summed E-state index contributed by atoms with van der Waals surface area (Å²) in [6.07, 6.45) is 9.40. The number of aryl methyl sites for hydroxylation is 1. The Labute approximate surface area is 180 Å². The molecule has 0 saturated heterocycles. The molecule has 2 aromatic rings. The maximum atomic E-state index is 12.2. The number of hydrogen-bond acceptors (Lipinski definition) is 3. The Hall–Kier alpha value is -3.01. The Morgan fingerprint density at radius 1 is 1.10 bits per heavy atom. The van der Waals surface area contributed by atoms with Crippen molar-refractivity contribution in [3.8, 4) is 0 Å². The summed E-state index contributed by atoms with van der Waals surface area (Å²) in [5, 5.41) is 9.76. The standard InChI is InChI=1S/C26H33N3O/c1-3-27-26(30)24-13-12-22(17-20(24)2)19-23(18-21-9-5-4-6-10-21)14-16-29-25-11-7-8-15-28-25/h4-13,17,23,28-29H,3,14-16,18-19H2,1-2H3,(H,27,30). The normalized spacial score (nSPS) is 13.9. The third-order valence-corrected chi connectivity index (χ3v) is 5.44. The summed E-state index contributed by atoms with van der Waals surface area (Å²) in [7, 11) is 0. The summed E-state index contributed by atoms with van der Waals surface area (Å²) in [5.41, 5.74) is 4.47. The van der Waals surface area contributed by atoms with Crippen LogP contribution in [-0.4, -0.2) is 25.5 Å². The summed E-state index contributed by atoms with van der Waals surface area (Å²) >= 11 is 0. The summed E-state index contributed by atoms with van der Waals surface area (Å²) in [4.78, 5) is 12.2. The Morgan fingerprint density at radius 3 is 2.60 bits per heavy atom. The van der Waals surface area contributed by atoms with Gasteiger partial charge in [-0.05, 0) is 67.9 Å². The fourth-order valence-corrected chi connectivity index (χ4v) is 3.91. The van der Waals surface area contributed by atoms with Crippen molar-refractivity contribution in [1.29, 1.82) is 0 Å². The smallest absolute Gasteiger partial charge is 0.251 e. The van der Waals surface area contributed by atoms with Gasteiger partial charge in [0.1, 0.15) is 0 Å². The number of benzene rings is 2. The maximum absolute atomic E-state index is 12.2. The molecule has 2 aromatic carbocycles. The van der Waals surface area contributed by atoms with Gasteiger partial charge in [0.2, 0.25) is 0 Å². The minimum atomic E-state index is 0.00823. The van der Waals surface area contributed by atoms with Crippen LogP contribution in [-0.2, 0) is 12.8 Å². The molecule has 3 N–H and O–H groups in total. The Balaban J connectivity index is 1.66. The Kier molecular flexibility index (Phi) is 8.13. The van der Waals surface area contributed by atoms with Crippen LogP contribution in [0.3, 0.4) is 0 Å². The third-order valence-electron chi connectivity index (χ3n) is 5.44. The number of dihydropyridines is 1. The molecule has 158 valence electrons. The maximum Gasteiger partial charge on any atom is 0.251 e. The highest BCUT2D eigenvalue weighted by Crippen LogP contribution is 2.20. The molecule has 0 aliphatic carbocycles. The van der Waals surface area contributed by atoms with Gasteiger partial charge in [-0.3, -0.25) is 4.79 Å². The first-order valence-corrected chi connectivity index (χ1v) is 10.9. The van der Waals surface area contributed by atoms with Gasteiger partial charge < -0.3 is 16.0 Å². The molecule has 0 aromatic heterocycles. The van der Waals surface area contributed by atoms with Gasteiger partial charge in [0.15, 0.2) is 0 Å². The average molecular weight is 404 g/mol. The highest BCUT2D eigenvalue weighted by Gasteiger charge is 2.14. The van der Waals surface area contributed by atoms with E-state index in [0.29, 0.717) is 12.5 Å². The number of hydrogen-bond donors (Lipinski definition) is 3. The highest BCUT2D eigenvalue weighted by molar-refractivity contribution is 5.95. The summed E-state index contributed by atoms with van der Waals surface area (Å²) in [6, 6.07) is 17.0.